The molecule has 0 heterocycles. The van der Waals surface area contributed by atoms with E-state index in [1.807, 2.05) is 22.6 Å². The molecule has 5 heteroatoms. The number of ether oxygens (including phenoxy) is 2. The molecule has 0 fully saturated rings. The van der Waals surface area contributed by atoms with Gasteiger partial charge in [0.25, 0.3) is 0 Å². The van der Waals surface area contributed by atoms with Gasteiger partial charge in [0.1, 0.15) is 11.5 Å². The summed E-state index contributed by atoms with van der Waals surface area (Å²) in [5, 5.41) is 1.02. The van der Waals surface area contributed by atoms with Crippen LogP contribution in [0.3, 0.4) is 0 Å². The van der Waals surface area contributed by atoms with Gasteiger partial charge in [0, 0.05) is 6.07 Å². The molecule has 0 bridgehead atoms. The molecule has 2 nitrogen and oxygen atoms in total. The maximum absolute atomic E-state index is 5.96. The highest BCUT2D eigenvalue weighted by Crippen LogP contribution is 2.40. The maximum atomic E-state index is 5.96. The molecule has 0 radical (unpaired) electrons. The molecule has 0 spiro atoms. The summed E-state index contributed by atoms with van der Waals surface area (Å²) in [7, 11) is 3.09. The lowest BCUT2D eigenvalue weighted by Gasteiger charge is -2.10. The van der Waals surface area contributed by atoms with Gasteiger partial charge >= 0.3 is 0 Å². The second-order valence-electron chi connectivity index (χ2n) is 2.22. The lowest BCUT2D eigenvalue weighted by molar-refractivity contribution is 0.394. The number of benzene rings is 1. The van der Waals surface area contributed by atoms with Crippen LogP contribution in [0, 0.1) is 3.57 Å². The third-order valence-electron chi connectivity index (χ3n) is 1.52. The molecule has 0 atom stereocenters. The Morgan fingerprint density at radius 2 is 1.46 bits per heavy atom. The molecule has 0 aliphatic heterocycles. The van der Waals surface area contributed by atoms with Crippen LogP contribution in [0.4, 0.5) is 0 Å². The Bertz CT molecular complexity index is 300. The fourth-order valence-electron chi connectivity index (χ4n) is 0.856. The number of halogens is 3. The van der Waals surface area contributed by atoms with Gasteiger partial charge in [0.15, 0.2) is 0 Å². The monoisotopic (exact) mass is 332 g/mol. The molecule has 0 saturated carbocycles. The summed E-state index contributed by atoms with van der Waals surface area (Å²) >= 11 is 14.0. The Hall–Kier alpha value is 0.130. The van der Waals surface area contributed by atoms with Crippen molar-refractivity contribution in [3.63, 3.8) is 0 Å². The van der Waals surface area contributed by atoms with Gasteiger partial charge in [-0.25, -0.2) is 0 Å². The van der Waals surface area contributed by atoms with E-state index in [-0.39, 0.29) is 0 Å². The summed E-state index contributed by atoms with van der Waals surface area (Å²) in [5.41, 5.74) is 0. The molecule has 1 aromatic rings. The third kappa shape index (κ3) is 2.14. The van der Waals surface area contributed by atoms with Crippen LogP contribution in [0.1, 0.15) is 0 Å². The molecule has 0 N–H and O–H groups in total. The zero-order valence-electron chi connectivity index (χ0n) is 7.03. The first kappa shape index (κ1) is 11.2. The van der Waals surface area contributed by atoms with Gasteiger partial charge in [-0.15, -0.1) is 0 Å². The molecule has 72 valence electrons. The Morgan fingerprint density at radius 1 is 1.08 bits per heavy atom. The van der Waals surface area contributed by atoms with E-state index >= 15 is 0 Å². The zero-order chi connectivity index (χ0) is 10.0. The molecule has 0 amide bonds. The molecule has 1 aromatic carbocycles. The van der Waals surface area contributed by atoms with Crippen molar-refractivity contribution < 1.29 is 9.47 Å². The van der Waals surface area contributed by atoms with Crippen LogP contribution in [0.25, 0.3) is 0 Å². The first-order valence-electron chi connectivity index (χ1n) is 3.37. The smallest absolute Gasteiger partial charge is 0.142 e. The quantitative estimate of drug-likeness (QED) is 0.608. The first-order valence-corrected chi connectivity index (χ1v) is 5.20. The van der Waals surface area contributed by atoms with Crippen molar-refractivity contribution in [1.82, 2.24) is 0 Å². The average Bonchev–Trinajstić information content (AvgIpc) is 2.15. The number of hydrogen-bond donors (Lipinski definition) is 0. The lowest BCUT2D eigenvalue weighted by Crippen LogP contribution is -1.92. The van der Waals surface area contributed by atoms with Crippen molar-refractivity contribution in [2.24, 2.45) is 0 Å². The van der Waals surface area contributed by atoms with Crippen LogP contribution in [-0.4, -0.2) is 14.2 Å². The zero-order valence-corrected chi connectivity index (χ0v) is 10.7. The molecular formula is C8H7Cl2IO2. The number of rotatable bonds is 2. The van der Waals surface area contributed by atoms with Crippen molar-refractivity contribution in [3.8, 4) is 11.5 Å². The average molecular weight is 333 g/mol. The molecular weight excluding hydrogens is 326 g/mol. The Balaban J connectivity index is 3.36. The summed E-state index contributed by atoms with van der Waals surface area (Å²) < 4.78 is 10.8. The summed E-state index contributed by atoms with van der Waals surface area (Å²) in [6.45, 7) is 0. The largest absolute Gasteiger partial charge is 0.495 e. The lowest BCUT2D eigenvalue weighted by atomic mass is 10.3. The highest BCUT2D eigenvalue weighted by atomic mass is 127. The second-order valence-corrected chi connectivity index (χ2v) is 4.06. The van der Waals surface area contributed by atoms with E-state index < -0.39 is 0 Å². The Kier molecular flexibility index (Phi) is 3.94. The Labute approximate surface area is 100 Å². The normalized spacial score (nSPS) is 9.92. The van der Waals surface area contributed by atoms with E-state index in [2.05, 4.69) is 0 Å². The van der Waals surface area contributed by atoms with Gasteiger partial charge in [-0.05, 0) is 22.6 Å². The van der Waals surface area contributed by atoms with Crippen LogP contribution in [0.15, 0.2) is 6.07 Å². The van der Waals surface area contributed by atoms with Gasteiger partial charge in [0.2, 0.25) is 0 Å². The SMILES string of the molecule is COc1cc(OC)c(Cl)c(I)c1Cl. The van der Waals surface area contributed by atoms with Crippen molar-refractivity contribution >= 4 is 45.8 Å². The highest BCUT2D eigenvalue weighted by molar-refractivity contribution is 14.1. The first-order chi connectivity index (χ1) is 6.11. The Morgan fingerprint density at radius 3 is 1.77 bits per heavy atom. The van der Waals surface area contributed by atoms with E-state index in [0.717, 1.165) is 3.57 Å². The molecule has 1 rings (SSSR count). The fourth-order valence-corrected chi connectivity index (χ4v) is 1.89. The molecule has 0 aliphatic carbocycles. The minimum atomic E-state index is 0.508. The third-order valence-corrected chi connectivity index (χ3v) is 3.99. The fraction of sp³-hybridized carbons (Fsp3) is 0.250. The summed E-state index contributed by atoms with van der Waals surface area (Å²) in [4.78, 5) is 0. The van der Waals surface area contributed by atoms with E-state index in [0.29, 0.717) is 21.5 Å². The van der Waals surface area contributed by atoms with Crippen LogP contribution < -0.4 is 9.47 Å². The molecule has 0 unspecified atom stereocenters. The van der Waals surface area contributed by atoms with E-state index in [1.54, 1.807) is 20.3 Å². The molecule has 0 aliphatic rings. The van der Waals surface area contributed by atoms with Crippen molar-refractivity contribution in [1.29, 1.82) is 0 Å². The van der Waals surface area contributed by atoms with Crippen LogP contribution >= 0.6 is 45.8 Å². The van der Waals surface area contributed by atoms with Crippen molar-refractivity contribution in [2.45, 2.75) is 0 Å². The standard InChI is InChI=1S/C8H7Cl2IO2/c1-12-4-3-5(13-2)7(10)8(11)6(4)9/h3H,1-2H3. The maximum Gasteiger partial charge on any atom is 0.142 e. The number of methoxy groups -OCH3 is 2. The van der Waals surface area contributed by atoms with Crippen LogP contribution in [0.2, 0.25) is 10.0 Å². The van der Waals surface area contributed by atoms with Crippen LogP contribution in [-0.2, 0) is 0 Å². The van der Waals surface area contributed by atoms with Gasteiger partial charge in [-0.2, -0.15) is 0 Å². The van der Waals surface area contributed by atoms with Gasteiger partial charge < -0.3 is 9.47 Å². The van der Waals surface area contributed by atoms with Gasteiger partial charge in [-0.1, -0.05) is 23.2 Å². The predicted octanol–water partition coefficient (Wildman–Crippen LogP) is 3.62. The number of hydrogen-bond acceptors (Lipinski definition) is 2. The van der Waals surface area contributed by atoms with E-state index in [9.17, 15) is 0 Å². The minimum absolute atomic E-state index is 0.508. The second kappa shape index (κ2) is 4.57. The van der Waals surface area contributed by atoms with Gasteiger partial charge in [-0.3, -0.25) is 0 Å². The van der Waals surface area contributed by atoms with Gasteiger partial charge in [0.05, 0.1) is 27.8 Å². The predicted molar refractivity (Wildman–Crippen MR) is 62.3 cm³/mol. The topological polar surface area (TPSA) is 18.5 Å². The summed E-state index contributed by atoms with van der Waals surface area (Å²) in [5.74, 6) is 1.12. The minimum Gasteiger partial charge on any atom is -0.495 e. The van der Waals surface area contributed by atoms with Crippen LogP contribution in [0.5, 0.6) is 11.5 Å². The van der Waals surface area contributed by atoms with Crippen molar-refractivity contribution in [2.75, 3.05) is 14.2 Å². The highest BCUT2D eigenvalue weighted by Gasteiger charge is 2.14. The van der Waals surface area contributed by atoms with Crippen molar-refractivity contribution in [3.05, 3.63) is 19.7 Å². The summed E-state index contributed by atoms with van der Waals surface area (Å²) in [6.07, 6.45) is 0. The van der Waals surface area contributed by atoms with E-state index in [4.69, 9.17) is 32.7 Å². The summed E-state index contributed by atoms with van der Waals surface area (Å²) in [6, 6.07) is 1.66. The molecule has 13 heavy (non-hydrogen) atoms. The van der Waals surface area contributed by atoms with E-state index in [1.165, 1.54) is 0 Å². The molecule has 0 aromatic heterocycles. The molecule has 0 saturated heterocycles.